The maximum atomic E-state index is 4.61. The molecule has 0 amide bonds. The summed E-state index contributed by atoms with van der Waals surface area (Å²) < 4.78 is 0. The number of nitrogens with zero attached hydrogens (tertiary/aromatic N) is 3. The standard InChI is InChI=1S/C17H25N5S/c1-4-15-11-21-16(23-15)12-22-17(19-5-2)20-9-7-14-6-8-18-10-13(14)3/h6,8,10-11H,4-5,7,9,12H2,1-3H3,(H2,19,20,22). The normalized spacial score (nSPS) is 11.5. The first kappa shape index (κ1) is 17.4. The maximum absolute atomic E-state index is 4.61. The van der Waals surface area contributed by atoms with Gasteiger partial charge in [-0.15, -0.1) is 11.3 Å². The minimum absolute atomic E-state index is 0.619. The van der Waals surface area contributed by atoms with Gasteiger partial charge in [0.2, 0.25) is 0 Å². The van der Waals surface area contributed by atoms with Gasteiger partial charge < -0.3 is 10.6 Å². The molecule has 0 unspecified atom stereocenters. The lowest BCUT2D eigenvalue weighted by atomic mass is 10.1. The van der Waals surface area contributed by atoms with Crippen LogP contribution in [-0.2, 0) is 19.4 Å². The molecular formula is C17H25N5S. The SMILES string of the molecule is CCNC(=NCc1ncc(CC)s1)NCCc1ccncc1C. The molecule has 0 aliphatic heterocycles. The second kappa shape index (κ2) is 9.25. The van der Waals surface area contributed by atoms with Crippen molar-refractivity contribution in [3.8, 4) is 0 Å². The number of hydrogen-bond acceptors (Lipinski definition) is 4. The smallest absolute Gasteiger partial charge is 0.191 e. The summed E-state index contributed by atoms with van der Waals surface area (Å²) in [6.07, 6.45) is 7.68. The van der Waals surface area contributed by atoms with Crippen LogP contribution in [0.3, 0.4) is 0 Å². The number of aryl methyl sites for hydroxylation is 2. The molecule has 2 heterocycles. The number of nitrogens with one attached hydrogen (secondary N) is 2. The second-order valence-corrected chi connectivity index (χ2v) is 6.45. The molecule has 0 aliphatic carbocycles. The largest absolute Gasteiger partial charge is 0.357 e. The van der Waals surface area contributed by atoms with Crippen molar-refractivity contribution in [1.29, 1.82) is 0 Å². The van der Waals surface area contributed by atoms with Crippen molar-refractivity contribution < 1.29 is 0 Å². The predicted octanol–water partition coefficient (Wildman–Crippen LogP) is 2.71. The molecule has 0 aliphatic rings. The second-order valence-electron chi connectivity index (χ2n) is 5.25. The quantitative estimate of drug-likeness (QED) is 0.605. The molecule has 23 heavy (non-hydrogen) atoms. The van der Waals surface area contributed by atoms with Gasteiger partial charge in [-0.05, 0) is 43.9 Å². The summed E-state index contributed by atoms with van der Waals surface area (Å²) in [5.74, 6) is 0.840. The zero-order chi connectivity index (χ0) is 16.5. The van der Waals surface area contributed by atoms with Gasteiger partial charge >= 0.3 is 0 Å². The lowest BCUT2D eigenvalue weighted by Gasteiger charge is -2.11. The summed E-state index contributed by atoms with van der Waals surface area (Å²) in [6, 6.07) is 2.07. The Bertz CT molecular complexity index is 635. The highest BCUT2D eigenvalue weighted by molar-refractivity contribution is 7.11. The molecule has 2 rings (SSSR count). The van der Waals surface area contributed by atoms with E-state index < -0.39 is 0 Å². The zero-order valence-electron chi connectivity index (χ0n) is 14.1. The third-order valence-electron chi connectivity index (χ3n) is 3.49. The Balaban J connectivity index is 1.87. The van der Waals surface area contributed by atoms with Gasteiger partial charge in [0.05, 0.1) is 6.54 Å². The number of aliphatic imine (C=N–C) groups is 1. The molecule has 0 spiro atoms. The predicted molar refractivity (Wildman–Crippen MR) is 97.0 cm³/mol. The zero-order valence-corrected chi connectivity index (χ0v) is 14.9. The fourth-order valence-corrected chi connectivity index (χ4v) is 2.96. The number of hydrogen-bond donors (Lipinski definition) is 2. The van der Waals surface area contributed by atoms with Crippen molar-refractivity contribution in [2.45, 2.75) is 40.2 Å². The molecule has 0 radical (unpaired) electrons. The highest BCUT2D eigenvalue weighted by Gasteiger charge is 2.02. The van der Waals surface area contributed by atoms with Crippen molar-refractivity contribution in [1.82, 2.24) is 20.6 Å². The van der Waals surface area contributed by atoms with Crippen LogP contribution in [0, 0.1) is 6.92 Å². The van der Waals surface area contributed by atoms with Gasteiger partial charge in [-0.2, -0.15) is 0 Å². The number of guanidine groups is 1. The monoisotopic (exact) mass is 331 g/mol. The van der Waals surface area contributed by atoms with E-state index in [0.29, 0.717) is 6.54 Å². The number of aromatic nitrogens is 2. The molecule has 124 valence electrons. The number of pyridine rings is 1. The Hall–Kier alpha value is -1.95. The van der Waals surface area contributed by atoms with Crippen LogP contribution in [0.5, 0.6) is 0 Å². The van der Waals surface area contributed by atoms with E-state index in [-0.39, 0.29) is 0 Å². The van der Waals surface area contributed by atoms with E-state index in [4.69, 9.17) is 0 Å². The highest BCUT2D eigenvalue weighted by Crippen LogP contribution is 2.13. The van der Waals surface area contributed by atoms with E-state index in [1.807, 2.05) is 18.6 Å². The minimum atomic E-state index is 0.619. The molecular weight excluding hydrogens is 306 g/mol. The summed E-state index contributed by atoms with van der Waals surface area (Å²) in [6.45, 7) is 8.62. The average Bonchev–Trinajstić information content (AvgIpc) is 3.02. The molecule has 0 aromatic carbocycles. The molecule has 0 atom stereocenters. The molecule has 2 aromatic heterocycles. The van der Waals surface area contributed by atoms with Gasteiger partial charge in [-0.25, -0.2) is 9.98 Å². The third kappa shape index (κ3) is 5.63. The van der Waals surface area contributed by atoms with Crippen molar-refractivity contribution in [2.75, 3.05) is 13.1 Å². The molecule has 6 heteroatoms. The molecule has 0 fully saturated rings. The Labute approximate surface area is 142 Å². The Morgan fingerprint density at radius 2 is 2.13 bits per heavy atom. The van der Waals surface area contributed by atoms with E-state index in [0.717, 1.165) is 36.9 Å². The van der Waals surface area contributed by atoms with Gasteiger partial charge in [-0.3, -0.25) is 4.98 Å². The van der Waals surface area contributed by atoms with Crippen LogP contribution in [-0.4, -0.2) is 29.0 Å². The van der Waals surface area contributed by atoms with Gasteiger partial charge in [-0.1, -0.05) is 6.92 Å². The first-order valence-electron chi connectivity index (χ1n) is 8.08. The molecule has 0 bridgehead atoms. The van der Waals surface area contributed by atoms with E-state index in [1.54, 1.807) is 11.3 Å². The Kier molecular flexibility index (Phi) is 7.00. The fourth-order valence-electron chi connectivity index (χ4n) is 2.17. The Morgan fingerprint density at radius 3 is 2.83 bits per heavy atom. The van der Waals surface area contributed by atoms with Crippen molar-refractivity contribution in [3.05, 3.63) is 45.7 Å². The Morgan fingerprint density at radius 1 is 1.26 bits per heavy atom. The van der Waals surface area contributed by atoms with E-state index in [9.17, 15) is 0 Å². The van der Waals surface area contributed by atoms with E-state index in [1.165, 1.54) is 16.0 Å². The fraction of sp³-hybridized carbons (Fsp3) is 0.471. The van der Waals surface area contributed by atoms with Crippen LogP contribution >= 0.6 is 11.3 Å². The van der Waals surface area contributed by atoms with Crippen molar-refractivity contribution in [3.63, 3.8) is 0 Å². The molecule has 0 saturated heterocycles. The van der Waals surface area contributed by atoms with Gasteiger partial charge in [0, 0.05) is 36.6 Å². The summed E-state index contributed by atoms with van der Waals surface area (Å²) in [5.41, 5.74) is 2.54. The van der Waals surface area contributed by atoms with E-state index in [2.05, 4.69) is 52.4 Å². The van der Waals surface area contributed by atoms with Gasteiger partial charge in [0.15, 0.2) is 5.96 Å². The summed E-state index contributed by atoms with van der Waals surface area (Å²) in [4.78, 5) is 14.5. The van der Waals surface area contributed by atoms with E-state index >= 15 is 0 Å². The minimum Gasteiger partial charge on any atom is -0.357 e. The topological polar surface area (TPSA) is 62.2 Å². The number of rotatable bonds is 7. The first-order valence-corrected chi connectivity index (χ1v) is 8.89. The molecule has 2 aromatic rings. The molecule has 2 N–H and O–H groups in total. The van der Waals surface area contributed by atoms with Crippen LogP contribution in [0.2, 0.25) is 0 Å². The third-order valence-corrected chi connectivity index (χ3v) is 4.62. The summed E-state index contributed by atoms with van der Waals surface area (Å²) >= 11 is 1.73. The summed E-state index contributed by atoms with van der Waals surface area (Å²) in [5, 5.41) is 7.72. The average molecular weight is 331 g/mol. The van der Waals surface area contributed by atoms with Crippen LogP contribution in [0.1, 0.15) is 34.9 Å². The van der Waals surface area contributed by atoms with Crippen LogP contribution in [0.25, 0.3) is 0 Å². The summed E-state index contributed by atoms with van der Waals surface area (Å²) in [7, 11) is 0. The van der Waals surface area contributed by atoms with Gasteiger partial charge in [0.1, 0.15) is 5.01 Å². The molecule has 5 nitrogen and oxygen atoms in total. The lowest BCUT2D eigenvalue weighted by Crippen LogP contribution is -2.38. The molecule has 0 saturated carbocycles. The maximum Gasteiger partial charge on any atom is 0.191 e. The van der Waals surface area contributed by atoms with Crippen molar-refractivity contribution >= 4 is 17.3 Å². The number of thiazole rings is 1. The highest BCUT2D eigenvalue weighted by atomic mass is 32.1. The van der Waals surface area contributed by atoms with Gasteiger partial charge in [0.25, 0.3) is 0 Å². The van der Waals surface area contributed by atoms with Crippen molar-refractivity contribution in [2.24, 2.45) is 4.99 Å². The first-order chi connectivity index (χ1) is 11.2. The van der Waals surface area contributed by atoms with Crippen LogP contribution < -0.4 is 10.6 Å². The van der Waals surface area contributed by atoms with Crippen LogP contribution in [0.15, 0.2) is 29.6 Å². The van der Waals surface area contributed by atoms with Crippen LogP contribution in [0.4, 0.5) is 0 Å². The lowest BCUT2D eigenvalue weighted by molar-refractivity contribution is 0.795.